The van der Waals surface area contributed by atoms with E-state index in [1.807, 2.05) is 19.1 Å². The fraction of sp³-hybridized carbons (Fsp3) is 0.267. The van der Waals surface area contributed by atoms with Gasteiger partial charge in [0, 0.05) is 6.07 Å². The molecule has 110 valence electrons. The quantitative estimate of drug-likeness (QED) is 0.664. The Hall–Kier alpha value is -1.88. The number of hydrogen-bond donors (Lipinski definition) is 0. The van der Waals surface area contributed by atoms with Crippen LogP contribution < -0.4 is 0 Å². The number of imidazole rings is 1. The third-order valence-corrected chi connectivity index (χ3v) is 3.46. The first kappa shape index (κ1) is 14.1. The van der Waals surface area contributed by atoms with E-state index >= 15 is 0 Å². The maximum atomic E-state index is 13.9. The van der Waals surface area contributed by atoms with Crippen LogP contribution in [-0.4, -0.2) is 9.55 Å². The zero-order valence-corrected chi connectivity index (χ0v) is 12.3. The number of aromatic nitrogens is 2. The summed E-state index contributed by atoms with van der Waals surface area (Å²) >= 11 is 6.11. The molecule has 1 atom stereocenters. The number of aryl methyl sites for hydroxylation is 1. The van der Waals surface area contributed by atoms with Crippen molar-refractivity contribution in [3.63, 3.8) is 0 Å². The third-order valence-electron chi connectivity index (χ3n) is 3.27. The summed E-state index contributed by atoms with van der Waals surface area (Å²) in [5.74, 6) is 0.580. The highest BCUT2D eigenvalue weighted by Crippen LogP contribution is 2.28. The molecule has 0 aliphatic heterocycles. The number of alkyl halides is 1. The molecular formula is C15H13ClF2N2O. The average molecular weight is 311 g/mol. The molecule has 0 aliphatic rings. The van der Waals surface area contributed by atoms with Gasteiger partial charge in [-0.25, -0.2) is 13.8 Å². The maximum Gasteiger partial charge on any atom is 0.153 e. The van der Waals surface area contributed by atoms with Crippen LogP contribution in [0.15, 0.2) is 28.7 Å². The number of halogens is 3. The van der Waals surface area contributed by atoms with Gasteiger partial charge < -0.3 is 8.98 Å². The molecule has 0 saturated heterocycles. The zero-order chi connectivity index (χ0) is 15.1. The monoisotopic (exact) mass is 310 g/mol. The molecule has 0 radical (unpaired) electrons. The summed E-state index contributed by atoms with van der Waals surface area (Å²) in [6.07, 6.45) is 0. The highest BCUT2D eigenvalue weighted by atomic mass is 35.5. The molecule has 0 spiro atoms. The Bertz CT molecular complexity index is 807. The van der Waals surface area contributed by atoms with Crippen molar-refractivity contribution in [2.75, 3.05) is 0 Å². The summed E-state index contributed by atoms with van der Waals surface area (Å²) in [6, 6.07) is 5.72. The lowest BCUT2D eigenvalue weighted by Gasteiger charge is -2.09. The summed E-state index contributed by atoms with van der Waals surface area (Å²) in [5, 5.41) is -0.434. The first-order valence-electron chi connectivity index (χ1n) is 6.50. The summed E-state index contributed by atoms with van der Waals surface area (Å²) < 4.78 is 34.6. The van der Waals surface area contributed by atoms with Crippen LogP contribution in [0.1, 0.15) is 29.6 Å². The number of nitrogens with zero attached hydrogens (tertiary/aromatic N) is 2. The van der Waals surface area contributed by atoms with Crippen molar-refractivity contribution in [3.8, 4) is 0 Å². The lowest BCUT2D eigenvalue weighted by molar-refractivity contribution is 0.468. The number of rotatable bonds is 3. The van der Waals surface area contributed by atoms with Crippen LogP contribution in [0.2, 0.25) is 0 Å². The Morgan fingerprint density at radius 3 is 2.71 bits per heavy atom. The van der Waals surface area contributed by atoms with Crippen LogP contribution in [0.4, 0.5) is 8.78 Å². The van der Waals surface area contributed by atoms with Crippen LogP contribution in [0.25, 0.3) is 11.0 Å². The summed E-state index contributed by atoms with van der Waals surface area (Å²) in [4.78, 5) is 4.20. The Balaban J connectivity index is 2.20. The molecule has 0 aliphatic carbocycles. The predicted molar refractivity (Wildman–Crippen MR) is 76.5 cm³/mol. The normalized spacial score (nSPS) is 13.0. The average Bonchev–Trinajstić information content (AvgIpc) is 2.95. The molecule has 0 bridgehead atoms. The van der Waals surface area contributed by atoms with Crippen molar-refractivity contribution in [2.24, 2.45) is 0 Å². The van der Waals surface area contributed by atoms with E-state index in [-0.39, 0.29) is 5.52 Å². The second kappa shape index (κ2) is 5.15. The van der Waals surface area contributed by atoms with Crippen molar-refractivity contribution in [1.82, 2.24) is 9.55 Å². The molecule has 3 rings (SSSR count). The van der Waals surface area contributed by atoms with Gasteiger partial charge >= 0.3 is 0 Å². The fourth-order valence-electron chi connectivity index (χ4n) is 2.36. The molecule has 3 nitrogen and oxygen atoms in total. The molecule has 1 aromatic carbocycles. The molecule has 0 amide bonds. The zero-order valence-electron chi connectivity index (χ0n) is 11.5. The number of fused-ring (bicyclic) bond motifs is 1. The van der Waals surface area contributed by atoms with Crippen LogP contribution in [0, 0.1) is 18.6 Å². The van der Waals surface area contributed by atoms with Crippen molar-refractivity contribution in [3.05, 3.63) is 53.2 Å². The molecule has 0 saturated carbocycles. The molecule has 2 aromatic heterocycles. The molecular weight excluding hydrogens is 298 g/mol. The van der Waals surface area contributed by atoms with Gasteiger partial charge in [-0.3, -0.25) is 0 Å². The summed E-state index contributed by atoms with van der Waals surface area (Å²) in [7, 11) is 0. The lowest BCUT2D eigenvalue weighted by atomic mass is 10.3. The van der Waals surface area contributed by atoms with Crippen molar-refractivity contribution in [2.45, 2.75) is 25.8 Å². The van der Waals surface area contributed by atoms with Crippen molar-refractivity contribution < 1.29 is 13.2 Å². The summed E-state index contributed by atoms with van der Waals surface area (Å²) in [5.41, 5.74) is 0.478. The van der Waals surface area contributed by atoms with E-state index in [1.54, 1.807) is 11.5 Å². The Morgan fingerprint density at radius 2 is 2.10 bits per heavy atom. The van der Waals surface area contributed by atoms with Crippen LogP contribution >= 0.6 is 11.6 Å². The van der Waals surface area contributed by atoms with E-state index in [0.29, 0.717) is 23.6 Å². The molecule has 6 heteroatoms. The van der Waals surface area contributed by atoms with Crippen molar-refractivity contribution in [1.29, 1.82) is 0 Å². The first-order valence-corrected chi connectivity index (χ1v) is 6.94. The van der Waals surface area contributed by atoms with Gasteiger partial charge in [0.15, 0.2) is 5.82 Å². The van der Waals surface area contributed by atoms with Gasteiger partial charge in [-0.15, -0.1) is 11.6 Å². The standard InChI is InChI=1S/C15H13ClF2N2O/c1-8-3-4-11(21-8)7-20-13-6-10(17)5-12(18)14(13)19-15(20)9(2)16/h3-6,9H,7H2,1-2H3. The number of furan rings is 1. The minimum absolute atomic E-state index is 0.113. The summed E-state index contributed by atoms with van der Waals surface area (Å²) in [6.45, 7) is 3.89. The van der Waals surface area contributed by atoms with E-state index in [1.165, 1.54) is 6.07 Å². The van der Waals surface area contributed by atoms with E-state index in [0.717, 1.165) is 11.8 Å². The highest BCUT2D eigenvalue weighted by Gasteiger charge is 2.19. The third kappa shape index (κ3) is 2.53. The molecule has 0 fully saturated rings. The minimum Gasteiger partial charge on any atom is -0.464 e. The largest absolute Gasteiger partial charge is 0.464 e. The van der Waals surface area contributed by atoms with Gasteiger partial charge in [0.25, 0.3) is 0 Å². The maximum absolute atomic E-state index is 13.9. The minimum atomic E-state index is -0.696. The van der Waals surface area contributed by atoms with Gasteiger partial charge in [-0.05, 0) is 32.0 Å². The van der Waals surface area contributed by atoms with Gasteiger partial charge in [0.05, 0.1) is 17.4 Å². The van der Waals surface area contributed by atoms with Gasteiger partial charge in [0.2, 0.25) is 0 Å². The Kier molecular flexibility index (Phi) is 3.45. The van der Waals surface area contributed by atoms with Crippen molar-refractivity contribution >= 4 is 22.6 Å². The highest BCUT2D eigenvalue weighted by molar-refractivity contribution is 6.20. The lowest BCUT2D eigenvalue weighted by Crippen LogP contribution is -2.05. The van der Waals surface area contributed by atoms with Crippen LogP contribution in [0.3, 0.4) is 0 Å². The topological polar surface area (TPSA) is 31.0 Å². The molecule has 2 heterocycles. The second-order valence-corrected chi connectivity index (χ2v) is 5.59. The van der Waals surface area contributed by atoms with Crippen LogP contribution in [0.5, 0.6) is 0 Å². The number of hydrogen-bond acceptors (Lipinski definition) is 2. The van der Waals surface area contributed by atoms with Gasteiger partial charge in [0.1, 0.15) is 28.7 Å². The predicted octanol–water partition coefficient (Wildman–Crippen LogP) is 4.56. The SMILES string of the molecule is Cc1ccc(Cn2c(C(C)Cl)nc3c(F)cc(F)cc32)o1. The van der Waals surface area contributed by atoms with E-state index in [4.69, 9.17) is 16.0 Å². The molecule has 1 unspecified atom stereocenters. The first-order chi connectivity index (χ1) is 9.95. The Morgan fingerprint density at radius 1 is 1.33 bits per heavy atom. The fourth-order valence-corrected chi connectivity index (χ4v) is 2.53. The Labute approximate surface area is 125 Å². The molecule has 0 N–H and O–H groups in total. The van der Waals surface area contributed by atoms with Crippen LogP contribution in [-0.2, 0) is 6.54 Å². The number of benzene rings is 1. The van der Waals surface area contributed by atoms with E-state index in [2.05, 4.69) is 4.98 Å². The smallest absolute Gasteiger partial charge is 0.153 e. The van der Waals surface area contributed by atoms with Gasteiger partial charge in [-0.1, -0.05) is 0 Å². The second-order valence-electron chi connectivity index (χ2n) is 4.94. The van der Waals surface area contributed by atoms with E-state index < -0.39 is 17.0 Å². The van der Waals surface area contributed by atoms with E-state index in [9.17, 15) is 8.78 Å². The molecule has 21 heavy (non-hydrogen) atoms. The van der Waals surface area contributed by atoms with Gasteiger partial charge in [-0.2, -0.15) is 0 Å². The molecule has 3 aromatic rings.